The third-order valence-corrected chi connectivity index (χ3v) is 0. The molecule has 0 aliphatic heterocycles. The number of rotatable bonds is 0. The maximum Gasteiger partial charge on any atom is 1.00 e. The summed E-state index contributed by atoms with van der Waals surface area (Å²) in [6, 6.07) is 0. The Morgan fingerprint density at radius 3 is 1.00 bits per heavy atom. The summed E-state index contributed by atoms with van der Waals surface area (Å²) in [6.07, 6.45) is 0. The van der Waals surface area contributed by atoms with Crippen LogP contribution in [-0.4, -0.2) is 0 Å². The fraction of sp³-hybridized carbons (Fsp3) is 0. The Hall–Kier alpha value is 3.28. The fourth-order valence-electron chi connectivity index (χ4n) is 0. The van der Waals surface area contributed by atoms with Gasteiger partial charge in [-0.15, -0.1) is 0 Å². The summed E-state index contributed by atoms with van der Waals surface area (Å²) in [6.45, 7) is 4.75. The molecule has 0 saturated heterocycles. The minimum Gasteiger partial charge on any atom is -0.512 e. The summed E-state index contributed by atoms with van der Waals surface area (Å²) in [5.74, 6) is 0. The molecule has 0 aromatic heterocycles. The zero-order chi connectivity index (χ0) is 2.00. The molecule has 1 radical (unpaired) electrons. The van der Waals surface area contributed by atoms with Gasteiger partial charge in [-0.3, -0.25) is 0 Å². The van der Waals surface area contributed by atoms with E-state index in [1.807, 2.05) is 0 Å². The molecule has 21 valence electrons. The van der Waals surface area contributed by atoms with E-state index in [9.17, 15) is 0 Å². The first-order valence-electron chi connectivity index (χ1n) is 0.224. The average molecular weight is 168 g/mol. The van der Waals surface area contributed by atoms with Crippen molar-refractivity contribution in [3.8, 4) is 0 Å². The van der Waals surface area contributed by atoms with Crippen LogP contribution in [0.25, 0.3) is 0 Å². The van der Waals surface area contributed by atoms with Crippen molar-refractivity contribution in [3.05, 3.63) is 6.57 Å². The molecule has 4 heteroatoms. The predicted molar refractivity (Wildman–Crippen MR) is 4.97 cm³/mol. The monoisotopic (exact) mass is 167 g/mol. The van der Waals surface area contributed by atoms with Gasteiger partial charge in [0, 0.05) is 17.1 Å². The molecule has 0 aliphatic carbocycles. The zero-order valence-corrected chi connectivity index (χ0v) is 10.4. The van der Waals surface area contributed by atoms with Gasteiger partial charge in [-0.2, -0.15) is 0 Å². The topological polar surface area (TPSA) is 23.8 Å². The Morgan fingerprint density at radius 1 is 1.00 bits per heavy atom. The Balaban J connectivity index is -0.00000000167. The second-order valence-electron chi connectivity index (χ2n) is 0. The number of hydrogen-bond acceptors (Lipinski definition) is 1. The summed E-state index contributed by atoms with van der Waals surface area (Å²) in [7, 11) is 0. The van der Waals surface area contributed by atoms with Gasteiger partial charge in [0.05, 0.1) is 0 Å². The SMILES string of the molecule is [C-]#N.[Cu].[K+].[K+]. The van der Waals surface area contributed by atoms with Crippen molar-refractivity contribution < 1.29 is 120 Å². The van der Waals surface area contributed by atoms with Crippen molar-refractivity contribution in [3.63, 3.8) is 0 Å². The molecule has 1 nitrogen and oxygen atoms in total. The van der Waals surface area contributed by atoms with Crippen LogP contribution >= 0.6 is 0 Å². The molecule has 0 aromatic carbocycles. The van der Waals surface area contributed by atoms with Gasteiger partial charge in [0.25, 0.3) is 0 Å². The fourth-order valence-corrected chi connectivity index (χ4v) is 0. The van der Waals surface area contributed by atoms with Gasteiger partial charge in [-0.1, -0.05) is 0 Å². The smallest absolute Gasteiger partial charge is 0.512 e. The number of nitrogens with zero attached hydrogens (tertiary/aromatic N) is 1. The van der Waals surface area contributed by atoms with Crippen LogP contribution in [0, 0.1) is 11.8 Å². The average Bonchev–Trinajstić information content (AvgIpc) is 1.00. The minimum absolute atomic E-state index is 0. The van der Waals surface area contributed by atoms with Crippen LogP contribution in [0.5, 0.6) is 0 Å². The van der Waals surface area contributed by atoms with Gasteiger partial charge in [0.2, 0.25) is 0 Å². The molecule has 0 amide bonds. The summed E-state index contributed by atoms with van der Waals surface area (Å²) in [5, 5.41) is 6.25. The quantitative estimate of drug-likeness (QED) is 0.261. The molecular formula is CCuK2N+. The molecule has 0 rings (SSSR count). The van der Waals surface area contributed by atoms with Gasteiger partial charge in [-0.05, 0) is 0 Å². The van der Waals surface area contributed by atoms with Gasteiger partial charge >= 0.3 is 103 Å². The van der Waals surface area contributed by atoms with Crippen LogP contribution in [0.4, 0.5) is 0 Å². The van der Waals surface area contributed by atoms with Crippen LogP contribution < -0.4 is 103 Å². The first kappa shape index (κ1) is 24.0. The molecule has 0 N–H and O–H groups in total. The van der Waals surface area contributed by atoms with E-state index < -0.39 is 0 Å². The third-order valence-electron chi connectivity index (χ3n) is 0. The maximum absolute atomic E-state index is 6.25. The number of hydrogen-bond donors (Lipinski definition) is 0. The first-order chi connectivity index (χ1) is 1.00. The van der Waals surface area contributed by atoms with Crippen LogP contribution in [0.15, 0.2) is 0 Å². The molecule has 0 aliphatic rings. The summed E-state index contributed by atoms with van der Waals surface area (Å²) < 4.78 is 0. The Labute approximate surface area is 128 Å². The predicted octanol–water partition coefficient (Wildman–Crippen LogP) is -5.90. The van der Waals surface area contributed by atoms with E-state index in [1.165, 1.54) is 0 Å². The molecular weight excluding hydrogens is 168 g/mol. The van der Waals surface area contributed by atoms with Gasteiger partial charge in [0.15, 0.2) is 0 Å². The zero-order valence-electron chi connectivity index (χ0n) is 3.25. The van der Waals surface area contributed by atoms with Crippen molar-refractivity contribution in [2.75, 3.05) is 0 Å². The van der Waals surface area contributed by atoms with Gasteiger partial charge in [0.1, 0.15) is 0 Å². The second-order valence-corrected chi connectivity index (χ2v) is 0. The Bertz CT molecular complexity index is 14.4. The van der Waals surface area contributed by atoms with Crippen LogP contribution in [-0.2, 0) is 17.1 Å². The first-order valence-corrected chi connectivity index (χ1v) is 0.224. The van der Waals surface area contributed by atoms with E-state index in [-0.39, 0.29) is 120 Å². The van der Waals surface area contributed by atoms with Gasteiger partial charge < -0.3 is 11.8 Å². The minimum atomic E-state index is 0. The molecule has 0 unspecified atom stereocenters. The molecule has 0 atom stereocenters. The standard InChI is InChI=1S/CN.Cu.2K/c1-2;;;/q-1;;2*+1. The summed E-state index contributed by atoms with van der Waals surface area (Å²) in [5.41, 5.74) is 0. The van der Waals surface area contributed by atoms with Crippen molar-refractivity contribution >= 4 is 0 Å². The normalized spacial score (nSPS) is 0.400. The van der Waals surface area contributed by atoms with Crippen LogP contribution in [0.2, 0.25) is 0 Å². The summed E-state index contributed by atoms with van der Waals surface area (Å²) >= 11 is 0. The summed E-state index contributed by atoms with van der Waals surface area (Å²) in [4.78, 5) is 0. The second kappa shape index (κ2) is 26.7. The van der Waals surface area contributed by atoms with Crippen molar-refractivity contribution in [2.45, 2.75) is 0 Å². The molecule has 0 heterocycles. The van der Waals surface area contributed by atoms with E-state index in [0.717, 1.165) is 0 Å². The molecule has 0 saturated carbocycles. The van der Waals surface area contributed by atoms with E-state index in [2.05, 4.69) is 0 Å². The van der Waals surface area contributed by atoms with Crippen molar-refractivity contribution in [2.24, 2.45) is 0 Å². The van der Waals surface area contributed by atoms with Gasteiger partial charge in [-0.25, -0.2) is 0 Å². The Morgan fingerprint density at radius 2 is 1.00 bits per heavy atom. The van der Waals surface area contributed by atoms with Crippen molar-refractivity contribution in [1.29, 1.82) is 5.26 Å². The Kier molecular flexibility index (Phi) is 128. The van der Waals surface area contributed by atoms with E-state index >= 15 is 0 Å². The molecule has 0 aromatic rings. The third kappa shape index (κ3) is 18.9. The van der Waals surface area contributed by atoms with Crippen molar-refractivity contribution in [1.82, 2.24) is 0 Å². The van der Waals surface area contributed by atoms with E-state index in [1.54, 1.807) is 0 Å². The molecule has 0 bridgehead atoms. The van der Waals surface area contributed by atoms with E-state index in [4.69, 9.17) is 11.8 Å². The molecule has 0 spiro atoms. The maximum atomic E-state index is 6.25. The van der Waals surface area contributed by atoms with Crippen LogP contribution in [0.1, 0.15) is 0 Å². The van der Waals surface area contributed by atoms with E-state index in [0.29, 0.717) is 0 Å². The molecule has 0 fully saturated rings. The van der Waals surface area contributed by atoms with Crippen LogP contribution in [0.3, 0.4) is 0 Å². The molecule has 5 heavy (non-hydrogen) atoms. The largest absolute Gasteiger partial charge is 1.00 e.